The van der Waals surface area contributed by atoms with Crippen LogP contribution >= 0.6 is 11.6 Å². The van der Waals surface area contributed by atoms with Crippen LogP contribution in [0, 0.1) is 24.1 Å². The summed E-state index contributed by atoms with van der Waals surface area (Å²) in [6.07, 6.45) is 3.63. The second-order valence-electron chi connectivity index (χ2n) is 12.0. The van der Waals surface area contributed by atoms with Crippen LogP contribution in [0.15, 0.2) is 48.9 Å². The number of hydrogen-bond acceptors (Lipinski definition) is 7. The van der Waals surface area contributed by atoms with Crippen molar-refractivity contribution in [3.05, 3.63) is 77.0 Å². The van der Waals surface area contributed by atoms with E-state index in [1.807, 2.05) is 4.90 Å². The van der Waals surface area contributed by atoms with Crippen molar-refractivity contribution in [3.8, 4) is 17.3 Å². The fourth-order valence-corrected chi connectivity index (χ4v) is 7.29. The highest BCUT2D eigenvalue weighted by Crippen LogP contribution is 2.39. The van der Waals surface area contributed by atoms with Gasteiger partial charge in [-0.05, 0) is 36.8 Å². The van der Waals surface area contributed by atoms with Gasteiger partial charge in [0.2, 0.25) is 6.54 Å². The Morgan fingerprint density at radius 3 is 2.72 bits per heavy atom. The zero-order valence-electron chi connectivity index (χ0n) is 24.7. The Kier molecular flexibility index (Phi) is 7.90. The molecule has 3 fully saturated rings. The number of halogens is 4. The molecule has 3 saturated heterocycles. The van der Waals surface area contributed by atoms with E-state index >= 15 is 4.39 Å². The smallest absolute Gasteiger partial charge is 0.319 e. The van der Waals surface area contributed by atoms with E-state index in [2.05, 4.69) is 26.3 Å². The van der Waals surface area contributed by atoms with Crippen LogP contribution in [-0.4, -0.2) is 88.6 Å². The van der Waals surface area contributed by atoms with Gasteiger partial charge in [0, 0.05) is 49.4 Å². The summed E-state index contributed by atoms with van der Waals surface area (Å²) < 4.78 is 51.1. The number of piperazine rings is 1. The van der Waals surface area contributed by atoms with E-state index in [0.29, 0.717) is 34.7 Å². The van der Waals surface area contributed by atoms with Crippen LogP contribution in [0.25, 0.3) is 37.8 Å². The lowest BCUT2D eigenvalue weighted by Crippen LogP contribution is -2.56. The summed E-state index contributed by atoms with van der Waals surface area (Å²) >= 11 is 6.37. The number of carbonyl (C=O) groups excluding carboxylic acids is 1. The fourth-order valence-electron chi connectivity index (χ4n) is 7.02. The molecule has 3 aliphatic rings. The Bertz CT molecular complexity index is 1940. The van der Waals surface area contributed by atoms with Crippen molar-refractivity contribution in [2.24, 2.45) is 5.92 Å². The van der Waals surface area contributed by atoms with E-state index in [1.54, 1.807) is 24.3 Å². The number of anilines is 1. The molecular formula is C33H29ClF3N7O2. The molecule has 3 aliphatic heterocycles. The number of rotatable bonds is 7. The van der Waals surface area contributed by atoms with Gasteiger partial charge in [-0.25, -0.2) is 19.7 Å². The lowest BCUT2D eigenvalue weighted by Gasteiger charge is -2.39. The maximum atomic E-state index is 16.6. The van der Waals surface area contributed by atoms with Gasteiger partial charge in [0.15, 0.2) is 11.6 Å². The molecule has 2 aromatic carbocycles. The van der Waals surface area contributed by atoms with Crippen LogP contribution in [0.2, 0.25) is 5.02 Å². The number of carbonyl (C=O) groups is 1. The Labute approximate surface area is 268 Å². The van der Waals surface area contributed by atoms with Gasteiger partial charge in [-0.2, -0.15) is 9.97 Å². The Hall–Kier alpha value is -4.47. The van der Waals surface area contributed by atoms with E-state index in [1.165, 1.54) is 23.6 Å². The molecule has 5 heterocycles. The first-order valence-electron chi connectivity index (χ1n) is 15.1. The van der Waals surface area contributed by atoms with Gasteiger partial charge >= 0.3 is 6.01 Å². The lowest BCUT2D eigenvalue weighted by atomic mass is 10.0. The molecule has 7 rings (SSSR count). The van der Waals surface area contributed by atoms with Crippen molar-refractivity contribution in [1.82, 2.24) is 24.8 Å². The molecule has 0 spiro atoms. The van der Waals surface area contributed by atoms with E-state index in [4.69, 9.17) is 27.9 Å². The molecule has 4 aromatic rings. The number of ether oxygens (including phenoxy) is 1. The van der Waals surface area contributed by atoms with Crippen molar-refractivity contribution in [1.29, 1.82) is 0 Å². The number of piperidine rings is 1. The topological polar surface area (TPSA) is 79.1 Å². The molecule has 0 aliphatic carbocycles. The third-order valence-electron chi connectivity index (χ3n) is 9.25. The minimum absolute atomic E-state index is 0.0260. The minimum Gasteiger partial charge on any atom is -0.462 e. The normalized spacial score (nSPS) is 22.4. The molecule has 0 radical (unpaired) electrons. The van der Waals surface area contributed by atoms with Gasteiger partial charge < -0.3 is 19.4 Å². The Balaban J connectivity index is 1.32. The van der Waals surface area contributed by atoms with Gasteiger partial charge in [-0.15, -0.1) is 0 Å². The van der Waals surface area contributed by atoms with Crippen LogP contribution in [0.4, 0.5) is 19.0 Å². The van der Waals surface area contributed by atoms with Gasteiger partial charge in [-0.1, -0.05) is 42.4 Å². The molecule has 2 aromatic heterocycles. The van der Waals surface area contributed by atoms with E-state index in [0.717, 1.165) is 19.5 Å². The minimum atomic E-state index is -1.10. The van der Waals surface area contributed by atoms with Gasteiger partial charge in [-0.3, -0.25) is 14.7 Å². The maximum Gasteiger partial charge on any atom is 0.319 e. The summed E-state index contributed by atoms with van der Waals surface area (Å²) in [5, 5.41) is 1.08. The van der Waals surface area contributed by atoms with Crippen LogP contribution in [0.3, 0.4) is 0 Å². The summed E-state index contributed by atoms with van der Waals surface area (Å²) in [6.45, 7) is 13.3. The van der Waals surface area contributed by atoms with Crippen LogP contribution in [0.5, 0.6) is 6.01 Å². The fraction of sp³-hybridized carbons (Fsp3) is 0.364. The predicted molar refractivity (Wildman–Crippen MR) is 168 cm³/mol. The van der Waals surface area contributed by atoms with Crippen LogP contribution < -0.4 is 9.64 Å². The first-order chi connectivity index (χ1) is 22.2. The monoisotopic (exact) mass is 647 g/mol. The highest BCUT2D eigenvalue weighted by molar-refractivity contribution is 6.36. The van der Waals surface area contributed by atoms with Crippen molar-refractivity contribution in [2.45, 2.75) is 24.9 Å². The highest BCUT2D eigenvalue weighted by Gasteiger charge is 2.38. The SMILES string of the molecule is [C-]#[N+]C[C@H]1CN(c2nc(OC[C@@H]3CC4CCN3C4)nc3c(F)c(-c4cccc5ccc(F)c(Cl)c45)ncc23)CCN1C(=O)C(=C)F. The van der Waals surface area contributed by atoms with E-state index in [9.17, 15) is 13.6 Å². The van der Waals surface area contributed by atoms with Crippen molar-refractivity contribution < 1.29 is 22.7 Å². The number of pyridine rings is 1. The average molecular weight is 648 g/mol. The molecule has 4 atom stereocenters. The molecular weight excluding hydrogens is 619 g/mol. The number of benzene rings is 2. The molecule has 236 valence electrons. The molecule has 0 N–H and O–H groups in total. The van der Waals surface area contributed by atoms with Crippen LogP contribution in [-0.2, 0) is 4.79 Å². The predicted octanol–water partition coefficient (Wildman–Crippen LogP) is 5.67. The van der Waals surface area contributed by atoms with Crippen molar-refractivity contribution >= 4 is 45.0 Å². The third-order valence-corrected chi connectivity index (χ3v) is 9.62. The van der Waals surface area contributed by atoms with Crippen molar-refractivity contribution in [2.75, 3.05) is 50.8 Å². The first-order valence-corrected chi connectivity index (χ1v) is 15.4. The van der Waals surface area contributed by atoms with Crippen LogP contribution in [0.1, 0.15) is 12.8 Å². The maximum absolute atomic E-state index is 16.6. The number of hydrogen-bond donors (Lipinski definition) is 0. The Morgan fingerprint density at radius 2 is 1.98 bits per heavy atom. The lowest BCUT2D eigenvalue weighted by molar-refractivity contribution is -0.131. The van der Waals surface area contributed by atoms with Gasteiger partial charge in [0.1, 0.15) is 35.5 Å². The third kappa shape index (κ3) is 5.27. The number of aromatic nitrogens is 3. The zero-order valence-corrected chi connectivity index (χ0v) is 25.5. The Morgan fingerprint density at radius 1 is 1.13 bits per heavy atom. The molecule has 13 heteroatoms. The first kappa shape index (κ1) is 30.2. The molecule has 0 saturated carbocycles. The second kappa shape index (κ2) is 12.0. The summed E-state index contributed by atoms with van der Waals surface area (Å²) in [5.41, 5.74) is 0.179. The number of nitrogens with zero attached hydrogens (tertiary/aromatic N) is 7. The van der Waals surface area contributed by atoms with E-state index < -0.39 is 29.4 Å². The molecule has 9 nitrogen and oxygen atoms in total. The van der Waals surface area contributed by atoms with Crippen molar-refractivity contribution in [3.63, 3.8) is 0 Å². The van der Waals surface area contributed by atoms with Gasteiger partial charge in [0.25, 0.3) is 5.91 Å². The van der Waals surface area contributed by atoms with Gasteiger partial charge in [0.05, 0.1) is 10.4 Å². The molecule has 2 unspecified atom stereocenters. The zero-order chi connectivity index (χ0) is 32.1. The quantitative estimate of drug-likeness (QED) is 0.189. The standard InChI is InChI=1S/C33H29ClF3N7O2/c1-18(35)32(45)44-11-10-43(16-22(44)13-38-2)31-24-14-39-29(23-5-3-4-20-6-7-25(36)27(34)26(20)23)28(37)30(24)40-33(41-31)46-17-21-12-19-8-9-42(21)15-19/h3-7,14,19,21-22H,1,8-13,15-17H2/t19?,21-,22-/m0/s1. The largest absolute Gasteiger partial charge is 0.462 e. The van der Waals surface area contributed by atoms with E-state index in [-0.39, 0.29) is 59.9 Å². The number of amides is 1. The molecule has 2 bridgehead atoms. The summed E-state index contributed by atoms with van der Waals surface area (Å²) in [4.78, 5) is 35.1. The number of fused-ring (bicyclic) bond motifs is 4. The molecule has 46 heavy (non-hydrogen) atoms. The highest BCUT2D eigenvalue weighted by atomic mass is 35.5. The summed E-state index contributed by atoms with van der Waals surface area (Å²) in [5.74, 6) is -2.41. The average Bonchev–Trinajstić information content (AvgIpc) is 3.69. The summed E-state index contributed by atoms with van der Waals surface area (Å²) in [6, 6.07) is 7.44. The summed E-state index contributed by atoms with van der Waals surface area (Å²) in [7, 11) is 0. The molecule has 1 amide bonds. The second-order valence-corrected chi connectivity index (χ2v) is 12.4.